The third kappa shape index (κ3) is 6.69. The highest BCUT2D eigenvalue weighted by molar-refractivity contribution is 8.26. The highest BCUT2D eigenvalue weighted by atomic mass is 32.2. The molecule has 1 aliphatic rings. The van der Waals surface area contributed by atoms with Crippen LogP contribution in [-0.4, -0.2) is 48.1 Å². The summed E-state index contributed by atoms with van der Waals surface area (Å²) in [5.41, 5.74) is 3.34. The zero-order chi connectivity index (χ0) is 22.9. The van der Waals surface area contributed by atoms with Gasteiger partial charge in [-0.1, -0.05) is 48.3 Å². The van der Waals surface area contributed by atoms with Gasteiger partial charge in [-0.25, -0.2) is 0 Å². The van der Waals surface area contributed by atoms with Crippen molar-refractivity contribution in [3.05, 3.63) is 76.7 Å². The Morgan fingerprint density at radius 2 is 1.72 bits per heavy atom. The van der Waals surface area contributed by atoms with Gasteiger partial charge in [0.05, 0.1) is 18.1 Å². The molecule has 1 saturated heterocycles. The minimum atomic E-state index is -0.0948. The van der Waals surface area contributed by atoms with Crippen LogP contribution in [0.5, 0.6) is 11.5 Å². The molecule has 168 valence electrons. The number of thiocarbonyl (C=S) groups is 1. The summed E-state index contributed by atoms with van der Waals surface area (Å²) in [6, 6.07) is 13.6. The van der Waals surface area contributed by atoms with Crippen LogP contribution in [0.15, 0.2) is 60.0 Å². The molecule has 0 saturated carbocycles. The lowest BCUT2D eigenvalue weighted by molar-refractivity contribution is -0.121. The summed E-state index contributed by atoms with van der Waals surface area (Å²) in [5.74, 6) is 1.48. The quantitative estimate of drug-likeness (QED) is 0.196. The Morgan fingerprint density at radius 3 is 2.41 bits per heavy atom. The average Bonchev–Trinajstić information content (AvgIpc) is 3.03. The van der Waals surface area contributed by atoms with E-state index in [9.17, 15) is 4.79 Å². The van der Waals surface area contributed by atoms with Crippen molar-refractivity contribution in [3.63, 3.8) is 0 Å². The molecule has 3 rings (SSSR count). The second kappa shape index (κ2) is 11.9. The Kier molecular flexibility index (Phi) is 8.90. The van der Waals surface area contributed by atoms with Crippen molar-refractivity contribution in [3.8, 4) is 11.5 Å². The minimum absolute atomic E-state index is 0.0948. The molecule has 0 N–H and O–H groups in total. The lowest BCUT2D eigenvalue weighted by atomic mass is 10.1. The fraction of sp³-hybridized carbons (Fsp3) is 0.280. The highest BCUT2D eigenvalue weighted by Crippen LogP contribution is 2.32. The molecule has 0 aliphatic carbocycles. The molecule has 1 aliphatic heterocycles. The van der Waals surface area contributed by atoms with Crippen LogP contribution in [0.4, 0.5) is 0 Å². The van der Waals surface area contributed by atoms with E-state index < -0.39 is 0 Å². The summed E-state index contributed by atoms with van der Waals surface area (Å²) in [5, 5.41) is 0. The van der Waals surface area contributed by atoms with Crippen molar-refractivity contribution < 1.29 is 19.0 Å². The van der Waals surface area contributed by atoms with Gasteiger partial charge in [0.1, 0.15) is 29.0 Å². The topological polar surface area (TPSA) is 48.0 Å². The highest BCUT2D eigenvalue weighted by Gasteiger charge is 2.30. The normalized spacial score (nSPS) is 14.8. The summed E-state index contributed by atoms with van der Waals surface area (Å²) in [6.07, 6.45) is 3.50. The summed E-state index contributed by atoms with van der Waals surface area (Å²) in [7, 11) is 0. The number of carbonyl (C=O) groups is 1. The molecular formula is C25H27NO4S2. The lowest BCUT2D eigenvalue weighted by Gasteiger charge is -2.10. The molecule has 5 nitrogen and oxygen atoms in total. The third-order valence-electron chi connectivity index (χ3n) is 4.81. The number of hydrogen-bond acceptors (Lipinski definition) is 6. The zero-order valence-corrected chi connectivity index (χ0v) is 20.0. The maximum Gasteiger partial charge on any atom is 0.266 e. The molecule has 0 atom stereocenters. The molecule has 0 unspecified atom stereocenters. The molecule has 1 heterocycles. The Labute approximate surface area is 199 Å². The summed E-state index contributed by atoms with van der Waals surface area (Å²) < 4.78 is 17.6. The van der Waals surface area contributed by atoms with Crippen LogP contribution in [0, 0.1) is 13.8 Å². The molecule has 2 aromatic carbocycles. The molecular weight excluding hydrogens is 442 g/mol. The van der Waals surface area contributed by atoms with Crippen LogP contribution in [0.1, 0.15) is 16.7 Å². The number of hydrogen-bond donors (Lipinski definition) is 0. The molecule has 0 bridgehead atoms. The number of ether oxygens (including phenoxy) is 3. The second-order valence-electron chi connectivity index (χ2n) is 7.21. The molecule has 0 spiro atoms. The summed E-state index contributed by atoms with van der Waals surface area (Å²) in [4.78, 5) is 14.6. The Balaban J connectivity index is 1.40. The van der Waals surface area contributed by atoms with Crippen molar-refractivity contribution in [2.45, 2.75) is 13.8 Å². The van der Waals surface area contributed by atoms with Gasteiger partial charge in [-0.3, -0.25) is 9.69 Å². The van der Waals surface area contributed by atoms with E-state index in [0.717, 1.165) is 17.1 Å². The molecule has 1 amide bonds. The van der Waals surface area contributed by atoms with Gasteiger partial charge < -0.3 is 14.2 Å². The standard InChI is InChI=1S/C25H27NO4S2/c1-4-10-26-24(27)23(32-25(26)31)17-20-6-5-7-21(16-20)29-13-11-28-12-14-30-22-9-8-18(2)19(3)15-22/h4-9,15-17H,1,10-14H2,2-3H3. The number of aryl methyl sites for hydroxylation is 2. The Hall–Kier alpha value is -2.61. The lowest BCUT2D eigenvalue weighted by Crippen LogP contribution is -2.27. The van der Waals surface area contributed by atoms with E-state index in [1.807, 2.05) is 42.5 Å². The predicted molar refractivity (Wildman–Crippen MR) is 134 cm³/mol. The van der Waals surface area contributed by atoms with E-state index >= 15 is 0 Å². The Bertz CT molecular complexity index is 1020. The van der Waals surface area contributed by atoms with E-state index in [1.165, 1.54) is 22.9 Å². The first-order valence-corrected chi connectivity index (χ1v) is 11.6. The number of carbonyl (C=O) groups excluding carboxylic acids is 1. The first kappa shape index (κ1) is 24.0. The summed E-state index contributed by atoms with van der Waals surface area (Å²) in [6.45, 7) is 10.1. The smallest absolute Gasteiger partial charge is 0.266 e. The van der Waals surface area contributed by atoms with Gasteiger partial charge in [-0.15, -0.1) is 6.58 Å². The Morgan fingerprint density at radius 1 is 1.00 bits per heavy atom. The van der Waals surface area contributed by atoms with E-state index in [1.54, 1.807) is 11.0 Å². The van der Waals surface area contributed by atoms with E-state index in [2.05, 4.69) is 26.5 Å². The minimum Gasteiger partial charge on any atom is -0.491 e. The molecule has 1 fully saturated rings. The van der Waals surface area contributed by atoms with Crippen molar-refractivity contribution >= 4 is 40.3 Å². The first-order valence-electron chi connectivity index (χ1n) is 10.3. The first-order chi connectivity index (χ1) is 15.5. The molecule has 0 radical (unpaired) electrons. The van der Waals surface area contributed by atoms with Crippen molar-refractivity contribution in [2.75, 3.05) is 33.0 Å². The number of rotatable bonds is 11. The monoisotopic (exact) mass is 469 g/mol. The molecule has 2 aromatic rings. The fourth-order valence-electron chi connectivity index (χ4n) is 2.97. The van der Waals surface area contributed by atoms with Crippen LogP contribution < -0.4 is 9.47 Å². The molecule has 7 heteroatoms. The van der Waals surface area contributed by atoms with Crippen LogP contribution in [0.2, 0.25) is 0 Å². The maximum atomic E-state index is 12.5. The fourth-order valence-corrected chi connectivity index (χ4v) is 4.25. The van der Waals surface area contributed by atoms with E-state index in [0.29, 0.717) is 42.2 Å². The van der Waals surface area contributed by atoms with E-state index in [-0.39, 0.29) is 5.91 Å². The summed E-state index contributed by atoms with van der Waals surface area (Å²) >= 11 is 6.57. The SMILES string of the molecule is C=CCN1C(=O)C(=Cc2cccc(OCCOCCOc3ccc(C)c(C)c3)c2)SC1=S. The van der Waals surface area contributed by atoms with Crippen LogP contribution in [0.3, 0.4) is 0 Å². The van der Waals surface area contributed by atoms with Crippen LogP contribution in [0.25, 0.3) is 6.08 Å². The third-order valence-corrected chi connectivity index (χ3v) is 6.19. The van der Waals surface area contributed by atoms with Crippen LogP contribution in [-0.2, 0) is 9.53 Å². The van der Waals surface area contributed by atoms with Gasteiger partial charge in [0.25, 0.3) is 5.91 Å². The van der Waals surface area contributed by atoms with Crippen LogP contribution >= 0.6 is 24.0 Å². The van der Waals surface area contributed by atoms with Gasteiger partial charge in [-0.2, -0.15) is 0 Å². The van der Waals surface area contributed by atoms with Gasteiger partial charge in [-0.05, 0) is 60.9 Å². The van der Waals surface area contributed by atoms with Gasteiger partial charge in [0, 0.05) is 6.54 Å². The van der Waals surface area contributed by atoms with Crippen molar-refractivity contribution in [2.24, 2.45) is 0 Å². The van der Waals surface area contributed by atoms with Gasteiger partial charge >= 0.3 is 0 Å². The number of nitrogens with zero attached hydrogens (tertiary/aromatic N) is 1. The maximum absolute atomic E-state index is 12.5. The van der Waals surface area contributed by atoms with Crippen molar-refractivity contribution in [1.82, 2.24) is 4.90 Å². The van der Waals surface area contributed by atoms with Gasteiger partial charge in [0.15, 0.2) is 0 Å². The molecule has 32 heavy (non-hydrogen) atoms. The second-order valence-corrected chi connectivity index (χ2v) is 8.88. The zero-order valence-electron chi connectivity index (χ0n) is 18.3. The van der Waals surface area contributed by atoms with E-state index in [4.69, 9.17) is 26.4 Å². The van der Waals surface area contributed by atoms with Crippen molar-refractivity contribution in [1.29, 1.82) is 0 Å². The largest absolute Gasteiger partial charge is 0.491 e. The number of benzene rings is 2. The average molecular weight is 470 g/mol. The predicted octanol–water partition coefficient (Wildman–Crippen LogP) is 5.17. The van der Waals surface area contributed by atoms with Gasteiger partial charge in [0.2, 0.25) is 0 Å². The molecule has 0 aromatic heterocycles. The number of amides is 1. The number of thioether (sulfide) groups is 1.